The molecule has 0 saturated heterocycles. The summed E-state index contributed by atoms with van der Waals surface area (Å²) >= 11 is 11.3. The molecule has 0 aliphatic rings. The molecular weight excluding hydrogens is 169 g/mol. The van der Waals surface area contributed by atoms with Gasteiger partial charge in [0.2, 0.25) is 0 Å². The zero-order chi connectivity index (χ0) is 7.72. The lowest BCUT2D eigenvalue weighted by molar-refractivity contribution is 1.34. The number of aromatic nitrogens is 1. The lowest BCUT2D eigenvalue weighted by Gasteiger charge is -1.89. The lowest BCUT2D eigenvalue weighted by atomic mass is 10.2. The van der Waals surface area contributed by atoms with Crippen molar-refractivity contribution in [1.29, 1.82) is 0 Å². The Labute approximate surface area is 69.7 Å². The van der Waals surface area contributed by atoms with E-state index in [0.29, 0.717) is 10.2 Å². The summed E-state index contributed by atoms with van der Waals surface area (Å²) in [7, 11) is 0. The predicted octanol–water partition coefficient (Wildman–Crippen LogP) is 3.35. The van der Waals surface area contributed by atoms with E-state index >= 15 is 0 Å². The summed E-state index contributed by atoms with van der Waals surface area (Å²) < 4.78 is 0. The van der Waals surface area contributed by atoms with Gasteiger partial charge in [-0.1, -0.05) is 29.8 Å². The number of H-pyrrole nitrogens is 1. The first-order valence-corrected chi connectivity index (χ1v) is 3.56. The van der Waals surface area contributed by atoms with Crippen molar-refractivity contribution >= 4 is 28.8 Å². The van der Waals surface area contributed by atoms with Crippen LogP contribution in [0.4, 0.5) is 0 Å². The molecule has 54 valence electrons. The van der Waals surface area contributed by atoms with Gasteiger partial charge in [-0.15, -0.1) is 0 Å². The normalized spacial score (nSPS) is 9.90. The maximum absolute atomic E-state index is 5.67. The zero-order valence-corrected chi connectivity index (χ0v) is 7.05. The first-order chi connectivity index (χ1) is 4.61. The molecule has 0 radical (unpaired) electrons. The zero-order valence-electron chi connectivity index (χ0n) is 5.54. The fourth-order valence-corrected chi connectivity index (χ4v) is 0.947. The Morgan fingerprint density at radius 1 is 1.60 bits per heavy atom. The van der Waals surface area contributed by atoms with Gasteiger partial charge in [-0.2, -0.15) is 0 Å². The number of aromatic amines is 1. The van der Waals surface area contributed by atoms with Crippen molar-refractivity contribution in [3.05, 3.63) is 28.5 Å². The molecule has 0 spiro atoms. The summed E-state index contributed by atoms with van der Waals surface area (Å²) in [6.45, 7) is 5.62. The third-order valence-electron chi connectivity index (χ3n) is 1.18. The van der Waals surface area contributed by atoms with Gasteiger partial charge in [0, 0.05) is 5.69 Å². The monoisotopic (exact) mass is 175 g/mol. The van der Waals surface area contributed by atoms with Gasteiger partial charge in [0.05, 0.1) is 5.02 Å². The summed E-state index contributed by atoms with van der Waals surface area (Å²) in [5.74, 6) is 0. The van der Waals surface area contributed by atoms with Crippen molar-refractivity contribution in [3.8, 4) is 0 Å². The molecule has 0 unspecified atom stereocenters. The number of halogens is 2. The van der Waals surface area contributed by atoms with Gasteiger partial charge in [-0.25, -0.2) is 0 Å². The Hall–Kier alpha value is -0.400. The Morgan fingerprint density at radius 2 is 2.20 bits per heavy atom. The number of hydrogen-bond donors (Lipinski definition) is 1. The molecule has 1 rings (SSSR count). The van der Waals surface area contributed by atoms with E-state index in [-0.39, 0.29) is 0 Å². The van der Waals surface area contributed by atoms with E-state index in [1.165, 1.54) is 0 Å². The summed E-state index contributed by atoms with van der Waals surface area (Å²) in [5, 5.41) is 1.01. The highest BCUT2D eigenvalue weighted by Gasteiger charge is 2.02. The van der Waals surface area contributed by atoms with Crippen LogP contribution in [0.15, 0.2) is 12.6 Å². The molecule has 1 heterocycles. The van der Waals surface area contributed by atoms with Gasteiger partial charge in [-0.3, -0.25) is 0 Å². The van der Waals surface area contributed by atoms with Crippen LogP contribution < -0.4 is 0 Å². The van der Waals surface area contributed by atoms with Crippen LogP contribution in [0.2, 0.25) is 10.2 Å². The van der Waals surface area contributed by atoms with E-state index in [1.54, 1.807) is 6.07 Å². The molecule has 1 N–H and O–H groups in total. The van der Waals surface area contributed by atoms with Crippen LogP contribution in [0.1, 0.15) is 12.6 Å². The van der Waals surface area contributed by atoms with Crippen LogP contribution in [-0.4, -0.2) is 4.98 Å². The molecule has 10 heavy (non-hydrogen) atoms. The number of nitrogens with one attached hydrogen (secondary N) is 1. The lowest BCUT2D eigenvalue weighted by Crippen LogP contribution is -1.73. The van der Waals surface area contributed by atoms with E-state index in [2.05, 4.69) is 11.6 Å². The van der Waals surface area contributed by atoms with Crippen molar-refractivity contribution in [2.75, 3.05) is 0 Å². The second-order valence-electron chi connectivity index (χ2n) is 2.13. The van der Waals surface area contributed by atoms with Crippen molar-refractivity contribution in [1.82, 2.24) is 4.98 Å². The molecule has 0 aliphatic heterocycles. The average Bonchev–Trinajstić information content (AvgIpc) is 2.13. The summed E-state index contributed by atoms with van der Waals surface area (Å²) in [6, 6.07) is 1.76. The van der Waals surface area contributed by atoms with Crippen LogP contribution in [0.5, 0.6) is 0 Å². The second kappa shape index (κ2) is 2.69. The molecule has 0 atom stereocenters. The smallest absolute Gasteiger partial charge is 0.125 e. The fourth-order valence-electron chi connectivity index (χ4n) is 0.634. The van der Waals surface area contributed by atoms with Crippen molar-refractivity contribution in [2.24, 2.45) is 0 Å². The molecule has 1 aromatic rings. The Morgan fingerprint density at radius 3 is 2.40 bits per heavy atom. The third-order valence-corrected chi connectivity index (χ3v) is 1.88. The van der Waals surface area contributed by atoms with Crippen molar-refractivity contribution < 1.29 is 0 Å². The highest BCUT2D eigenvalue weighted by atomic mass is 35.5. The molecule has 1 aromatic heterocycles. The second-order valence-corrected chi connectivity index (χ2v) is 2.91. The molecule has 3 heteroatoms. The molecule has 0 bridgehead atoms. The highest BCUT2D eigenvalue weighted by molar-refractivity contribution is 6.41. The van der Waals surface area contributed by atoms with Gasteiger partial charge in [0.15, 0.2) is 0 Å². The fraction of sp³-hybridized carbons (Fsp3) is 0.143. The van der Waals surface area contributed by atoms with Crippen LogP contribution in [0.3, 0.4) is 0 Å². The van der Waals surface area contributed by atoms with Gasteiger partial charge < -0.3 is 4.98 Å². The van der Waals surface area contributed by atoms with E-state index in [4.69, 9.17) is 23.2 Å². The van der Waals surface area contributed by atoms with Crippen LogP contribution >= 0.6 is 23.2 Å². The van der Waals surface area contributed by atoms with Gasteiger partial charge >= 0.3 is 0 Å². The quantitative estimate of drug-likeness (QED) is 0.675. The SMILES string of the molecule is C=C(C)c1cc(Cl)c(Cl)[nH]1. The third kappa shape index (κ3) is 1.36. The van der Waals surface area contributed by atoms with Crippen molar-refractivity contribution in [2.45, 2.75) is 6.92 Å². The summed E-state index contributed by atoms with van der Waals surface area (Å²) in [6.07, 6.45) is 0. The number of allylic oxidation sites excluding steroid dienone is 1. The molecule has 0 aliphatic carbocycles. The Kier molecular flexibility index (Phi) is 2.07. The Bertz CT molecular complexity index is 243. The molecule has 0 saturated carbocycles. The number of hydrogen-bond acceptors (Lipinski definition) is 0. The minimum Gasteiger partial charge on any atom is -0.345 e. The molecule has 0 aromatic carbocycles. The molecule has 0 amide bonds. The van der Waals surface area contributed by atoms with E-state index in [0.717, 1.165) is 11.3 Å². The Balaban J connectivity index is 3.10. The maximum atomic E-state index is 5.67. The van der Waals surface area contributed by atoms with Gasteiger partial charge in [0.1, 0.15) is 5.15 Å². The van der Waals surface area contributed by atoms with Crippen molar-refractivity contribution in [3.63, 3.8) is 0 Å². The molecular formula is C7H7Cl2N. The van der Waals surface area contributed by atoms with E-state index in [1.807, 2.05) is 6.92 Å². The highest BCUT2D eigenvalue weighted by Crippen LogP contribution is 2.24. The van der Waals surface area contributed by atoms with E-state index < -0.39 is 0 Å². The minimum atomic E-state index is 0.472. The van der Waals surface area contributed by atoms with Crippen LogP contribution in [0.25, 0.3) is 5.57 Å². The number of rotatable bonds is 1. The van der Waals surface area contributed by atoms with E-state index in [9.17, 15) is 0 Å². The maximum Gasteiger partial charge on any atom is 0.125 e. The van der Waals surface area contributed by atoms with Crippen LogP contribution in [0, 0.1) is 0 Å². The predicted molar refractivity (Wildman–Crippen MR) is 45.5 cm³/mol. The van der Waals surface area contributed by atoms with Crippen LogP contribution in [-0.2, 0) is 0 Å². The average molecular weight is 176 g/mol. The first kappa shape index (κ1) is 7.70. The molecule has 1 nitrogen and oxygen atoms in total. The summed E-state index contributed by atoms with van der Waals surface area (Å²) in [5.41, 5.74) is 1.81. The largest absolute Gasteiger partial charge is 0.345 e. The van der Waals surface area contributed by atoms with Gasteiger partial charge in [0.25, 0.3) is 0 Å². The first-order valence-electron chi connectivity index (χ1n) is 2.81. The molecule has 0 fully saturated rings. The van der Waals surface area contributed by atoms with Gasteiger partial charge in [-0.05, 0) is 18.6 Å². The minimum absolute atomic E-state index is 0.472. The topological polar surface area (TPSA) is 15.8 Å². The standard InChI is InChI=1S/C7H7Cl2N/c1-4(2)6-3-5(8)7(9)10-6/h3,10H,1H2,2H3. The summed E-state index contributed by atoms with van der Waals surface area (Å²) in [4.78, 5) is 2.88.